The predicted molar refractivity (Wildman–Crippen MR) is 116 cm³/mol. The van der Waals surface area contributed by atoms with Gasteiger partial charge in [-0.05, 0) is 23.3 Å². The maximum absolute atomic E-state index is 13.2. The van der Waals surface area contributed by atoms with Crippen LogP contribution in [0.15, 0.2) is 96.1 Å². The molecule has 1 heterocycles. The van der Waals surface area contributed by atoms with Gasteiger partial charge in [0.25, 0.3) is 0 Å². The van der Waals surface area contributed by atoms with Crippen molar-refractivity contribution in [2.75, 3.05) is 13.1 Å². The summed E-state index contributed by atoms with van der Waals surface area (Å²) in [4.78, 5) is 29.2. The molecule has 0 aliphatic rings. The Kier molecular flexibility index (Phi) is 7.61. The highest BCUT2D eigenvalue weighted by atomic mass is 16.3. The highest BCUT2D eigenvalue weighted by molar-refractivity contribution is 5.86. The fourth-order valence-electron chi connectivity index (χ4n) is 3.18. The van der Waals surface area contributed by atoms with Crippen molar-refractivity contribution in [1.29, 1.82) is 0 Å². The van der Waals surface area contributed by atoms with Gasteiger partial charge in [-0.3, -0.25) is 9.59 Å². The van der Waals surface area contributed by atoms with Crippen LogP contribution in [0.4, 0.5) is 0 Å². The van der Waals surface area contributed by atoms with Gasteiger partial charge in [0.05, 0.1) is 19.2 Å². The van der Waals surface area contributed by atoms with Crippen LogP contribution in [0, 0.1) is 0 Å². The molecule has 0 fully saturated rings. The molecule has 0 bridgehead atoms. The second-order valence-corrected chi connectivity index (χ2v) is 7.04. The molecule has 2 aromatic carbocycles. The van der Waals surface area contributed by atoms with Gasteiger partial charge in [-0.2, -0.15) is 0 Å². The Bertz CT molecular complexity index is 937. The third-order valence-corrected chi connectivity index (χ3v) is 4.72. The quantitative estimate of drug-likeness (QED) is 0.481. The highest BCUT2D eigenvalue weighted by Crippen LogP contribution is 2.12. The molecular weight excluding hydrogens is 376 g/mol. The van der Waals surface area contributed by atoms with Crippen LogP contribution in [-0.4, -0.2) is 34.7 Å². The summed E-state index contributed by atoms with van der Waals surface area (Å²) in [6.07, 6.45) is 3.48. The molecule has 3 aromatic rings. The van der Waals surface area contributed by atoms with Crippen molar-refractivity contribution in [3.63, 3.8) is 0 Å². The molecule has 0 saturated carbocycles. The van der Waals surface area contributed by atoms with Crippen molar-refractivity contribution >= 4 is 11.8 Å². The second kappa shape index (κ2) is 10.8. The van der Waals surface area contributed by atoms with E-state index in [1.54, 1.807) is 28.2 Å². The van der Waals surface area contributed by atoms with Crippen molar-refractivity contribution in [2.45, 2.75) is 19.5 Å². The zero-order valence-electron chi connectivity index (χ0n) is 16.9. The first-order chi connectivity index (χ1) is 14.7. The summed E-state index contributed by atoms with van der Waals surface area (Å²) >= 11 is 0. The van der Waals surface area contributed by atoms with Gasteiger partial charge in [0, 0.05) is 13.1 Å². The number of carbonyl (C=O) groups excluding carboxylic acids is 2. The average molecular weight is 402 g/mol. The Morgan fingerprint density at radius 2 is 1.47 bits per heavy atom. The Balaban J connectivity index is 1.72. The van der Waals surface area contributed by atoms with Crippen LogP contribution in [0.3, 0.4) is 0 Å². The molecular formula is C25H26N2O3. The molecule has 30 heavy (non-hydrogen) atoms. The molecule has 0 aliphatic heterocycles. The lowest BCUT2D eigenvalue weighted by molar-refractivity contribution is -0.140. The minimum Gasteiger partial charge on any atom is -0.467 e. The van der Waals surface area contributed by atoms with Gasteiger partial charge >= 0.3 is 0 Å². The van der Waals surface area contributed by atoms with Crippen LogP contribution in [0.5, 0.6) is 0 Å². The number of hydrogen-bond acceptors (Lipinski definition) is 3. The van der Waals surface area contributed by atoms with Crippen LogP contribution in [0.25, 0.3) is 0 Å². The second-order valence-electron chi connectivity index (χ2n) is 7.04. The predicted octanol–water partition coefficient (Wildman–Crippen LogP) is 4.07. The van der Waals surface area contributed by atoms with Gasteiger partial charge < -0.3 is 14.2 Å². The number of nitrogens with zero attached hydrogens (tertiary/aromatic N) is 2. The lowest BCUT2D eigenvalue weighted by atomic mass is 10.1. The maximum Gasteiger partial charge on any atom is 0.242 e. The van der Waals surface area contributed by atoms with Gasteiger partial charge in [0.2, 0.25) is 11.8 Å². The highest BCUT2D eigenvalue weighted by Gasteiger charge is 2.22. The third kappa shape index (κ3) is 6.21. The number of amides is 2. The van der Waals surface area contributed by atoms with Crippen LogP contribution in [0.1, 0.15) is 16.9 Å². The van der Waals surface area contributed by atoms with Crippen LogP contribution < -0.4 is 0 Å². The van der Waals surface area contributed by atoms with E-state index in [0.29, 0.717) is 25.4 Å². The van der Waals surface area contributed by atoms with E-state index in [9.17, 15) is 9.59 Å². The summed E-state index contributed by atoms with van der Waals surface area (Å²) < 4.78 is 5.44. The van der Waals surface area contributed by atoms with Gasteiger partial charge in [0.1, 0.15) is 12.3 Å². The number of benzene rings is 2. The van der Waals surface area contributed by atoms with Gasteiger partial charge in [0.15, 0.2) is 0 Å². The Labute approximate surface area is 177 Å². The molecule has 0 atom stereocenters. The molecule has 1 aromatic heterocycles. The summed E-state index contributed by atoms with van der Waals surface area (Å²) in [7, 11) is 0. The number of rotatable bonds is 10. The van der Waals surface area contributed by atoms with E-state index in [-0.39, 0.29) is 24.8 Å². The molecule has 0 unspecified atom stereocenters. The standard InChI is InChI=1S/C25H26N2O3/c1-2-15-26(24(28)17-21-10-5-3-6-11-21)20-25(29)27(19-23-14-9-16-30-23)18-22-12-7-4-8-13-22/h2-14,16H,1,15,17-20H2. The van der Waals surface area contributed by atoms with Gasteiger partial charge in [-0.1, -0.05) is 66.7 Å². The van der Waals surface area contributed by atoms with E-state index in [4.69, 9.17) is 4.42 Å². The average Bonchev–Trinajstić information content (AvgIpc) is 3.27. The molecule has 5 heteroatoms. The summed E-state index contributed by atoms with van der Waals surface area (Å²) in [5.41, 5.74) is 1.93. The molecule has 154 valence electrons. The summed E-state index contributed by atoms with van der Waals surface area (Å²) in [6, 6.07) is 22.9. The number of carbonyl (C=O) groups is 2. The Morgan fingerprint density at radius 3 is 2.07 bits per heavy atom. The van der Waals surface area contributed by atoms with Crippen molar-refractivity contribution in [2.24, 2.45) is 0 Å². The molecule has 0 aliphatic carbocycles. The molecule has 2 amide bonds. The molecule has 5 nitrogen and oxygen atoms in total. The maximum atomic E-state index is 13.2. The number of hydrogen-bond donors (Lipinski definition) is 0. The topological polar surface area (TPSA) is 53.8 Å². The van der Waals surface area contributed by atoms with E-state index in [2.05, 4.69) is 6.58 Å². The van der Waals surface area contributed by atoms with Crippen LogP contribution >= 0.6 is 0 Å². The first-order valence-corrected chi connectivity index (χ1v) is 9.92. The SMILES string of the molecule is C=CCN(CC(=O)N(Cc1ccccc1)Cc1ccco1)C(=O)Cc1ccccc1. The molecule has 0 radical (unpaired) electrons. The lowest BCUT2D eigenvalue weighted by Crippen LogP contribution is -2.43. The molecule has 3 rings (SSSR count). The number of furan rings is 1. The van der Waals surface area contributed by atoms with Crippen LogP contribution in [0.2, 0.25) is 0 Å². The van der Waals surface area contributed by atoms with E-state index in [0.717, 1.165) is 11.1 Å². The molecule has 0 spiro atoms. The summed E-state index contributed by atoms with van der Waals surface area (Å²) in [5, 5.41) is 0. The minimum atomic E-state index is -0.140. The van der Waals surface area contributed by atoms with E-state index in [1.165, 1.54) is 0 Å². The van der Waals surface area contributed by atoms with Crippen molar-refractivity contribution in [3.8, 4) is 0 Å². The van der Waals surface area contributed by atoms with Crippen molar-refractivity contribution in [1.82, 2.24) is 9.80 Å². The first-order valence-electron chi connectivity index (χ1n) is 9.92. The summed E-state index contributed by atoms with van der Waals surface area (Å²) in [6.45, 7) is 4.83. The van der Waals surface area contributed by atoms with E-state index < -0.39 is 0 Å². The fourth-order valence-corrected chi connectivity index (χ4v) is 3.18. The largest absolute Gasteiger partial charge is 0.467 e. The fraction of sp³-hybridized carbons (Fsp3) is 0.200. The molecule has 0 saturated heterocycles. The van der Waals surface area contributed by atoms with Gasteiger partial charge in [-0.15, -0.1) is 6.58 Å². The normalized spacial score (nSPS) is 10.4. The summed E-state index contributed by atoms with van der Waals surface area (Å²) in [5.74, 6) is 0.454. The van der Waals surface area contributed by atoms with Gasteiger partial charge in [-0.25, -0.2) is 0 Å². The molecule has 0 N–H and O–H groups in total. The third-order valence-electron chi connectivity index (χ3n) is 4.72. The Hall–Kier alpha value is -3.60. The Morgan fingerprint density at radius 1 is 0.800 bits per heavy atom. The van der Waals surface area contributed by atoms with Crippen LogP contribution in [-0.2, 0) is 29.1 Å². The lowest BCUT2D eigenvalue weighted by Gasteiger charge is -2.27. The smallest absolute Gasteiger partial charge is 0.242 e. The minimum absolute atomic E-state index is 0.00870. The van der Waals surface area contributed by atoms with E-state index in [1.807, 2.05) is 66.7 Å². The first kappa shape index (κ1) is 21.1. The zero-order valence-corrected chi connectivity index (χ0v) is 16.9. The monoisotopic (exact) mass is 402 g/mol. The van der Waals surface area contributed by atoms with E-state index >= 15 is 0 Å². The van der Waals surface area contributed by atoms with Crippen molar-refractivity contribution < 1.29 is 14.0 Å². The van der Waals surface area contributed by atoms with Crippen molar-refractivity contribution in [3.05, 3.63) is 109 Å². The zero-order chi connectivity index (χ0) is 21.2.